The molecule has 0 fully saturated rings. The lowest BCUT2D eigenvalue weighted by Crippen LogP contribution is -2.18. The highest BCUT2D eigenvalue weighted by atomic mass is 16.5. The summed E-state index contributed by atoms with van der Waals surface area (Å²) in [4.78, 5) is 0. The van der Waals surface area contributed by atoms with Crippen molar-refractivity contribution in [3.8, 4) is 0 Å². The maximum Gasteiger partial charge on any atom is 0.123 e. The van der Waals surface area contributed by atoms with E-state index in [4.69, 9.17) is 4.74 Å². The van der Waals surface area contributed by atoms with Crippen molar-refractivity contribution in [3.05, 3.63) is 35.6 Å². The summed E-state index contributed by atoms with van der Waals surface area (Å²) in [6.45, 7) is 2.26. The summed E-state index contributed by atoms with van der Waals surface area (Å²) >= 11 is 0. The quantitative estimate of drug-likeness (QED) is 0.530. The van der Waals surface area contributed by atoms with E-state index in [1.54, 1.807) is 0 Å². The maximum atomic E-state index is 6.02. The summed E-state index contributed by atoms with van der Waals surface area (Å²) in [5.41, 5.74) is 1.48. The van der Waals surface area contributed by atoms with Gasteiger partial charge in [-0.05, 0) is 30.9 Å². The lowest BCUT2D eigenvalue weighted by Gasteiger charge is -2.20. The van der Waals surface area contributed by atoms with Gasteiger partial charge in [-0.1, -0.05) is 25.2 Å². The Bertz CT molecular complexity index is 335. The standard InChI is InChI=1S/C13H16O/c1-9-5-4-7-11-10-6-2-3-8-12(10)14-13(9)11/h3-4,7-10,12H,2,5-6H2,1H3. The van der Waals surface area contributed by atoms with Crippen LogP contribution in [0.1, 0.15) is 26.2 Å². The molecule has 2 aliphatic carbocycles. The third kappa shape index (κ3) is 1.08. The predicted octanol–water partition coefficient (Wildman–Crippen LogP) is 3.20. The summed E-state index contributed by atoms with van der Waals surface area (Å²) in [5, 5.41) is 0. The first-order valence-electron chi connectivity index (χ1n) is 5.60. The average Bonchev–Trinajstić information content (AvgIpc) is 2.59. The van der Waals surface area contributed by atoms with Gasteiger partial charge < -0.3 is 4.74 Å². The Morgan fingerprint density at radius 3 is 3.21 bits per heavy atom. The number of hydrogen-bond acceptors (Lipinski definition) is 1. The lowest BCUT2D eigenvalue weighted by molar-refractivity contribution is 0.127. The minimum Gasteiger partial charge on any atom is -0.489 e. The van der Waals surface area contributed by atoms with Crippen LogP contribution in [0.2, 0.25) is 0 Å². The monoisotopic (exact) mass is 188 g/mol. The van der Waals surface area contributed by atoms with Crippen LogP contribution in [0.15, 0.2) is 35.6 Å². The SMILES string of the molecule is CC1CC=CC2=C1OC1C=CCCC21. The fraction of sp³-hybridized carbons (Fsp3) is 0.538. The molecule has 14 heavy (non-hydrogen) atoms. The Labute approximate surface area is 85.1 Å². The van der Waals surface area contributed by atoms with Gasteiger partial charge in [-0.3, -0.25) is 0 Å². The Morgan fingerprint density at radius 1 is 1.36 bits per heavy atom. The Hall–Kier alpha value is -0.980. The summed E-state index contributed by atoms with van der Waals surface area (Å²) in [7, 11) is 0. The Balaban J connectivity index is 1.97. The summed E-state index contributed by atoms with van der Waals surface area (Å²) in [6, 6.07) is 0. The molecule has 1 heteroatoms. The van der Waals surface area contributed by atoms with E-state index in [1.807, 2.05) is 0 Å². The third-order valence-corrected chi connectivity index (χ3v) is 3.55. The summed E-state index contributed by atoms with van der Waals surface area (Å²) < 4.78 is 6.02. The Morgan fingerprint density at radius 2 is 2.29 bits per heavy atom. The molecule has 1 aliphatic heterocycles. The van der Waals surface area contributed by atoms with Crippen molar-refractivity contribution >= 4 is 0 Å². The molecule has 3 aliphatic rings. The van der Waals surface area contributed by atoms with E-state index in [-0.39, 0.29) is 0 Å². The molecule has 0 aromatic rings. The molecular weight excluding hydrogens is 172 g/mol. The van der Waals surface area contributed by atoms with Crippen LogP contribution < -0.4 is 0 Å². The van der Waals surface area contributed by atoms with Crippen LogP contribution in [-0.4, -0.2) is 6.10 Å². The van der Waals surface area contributed by atoms with E-state index in [1.165, 1.54) is 24.2 Å². The summed E-state index contributed by atoms with van der Waals surface area (Å²) in [6.07, 6.45) is 13.1. The third-order valence-electron chi connectivity index (χ3n) is 3.55. The molecule has 0 N–H and O–H groups in total. The highest BCUT2D eigenvalue weighted by molar-refractivity contribution is 5.36. The van der Waals surface area contributed by atoms with Crippen LogP contribution in [0.25, 0.3) is 0 Å². The van der Waals surface area contributed by atoms with Crippen LogP contribution in [0.3, 0.4) is 0 Å². The zero-order chi connectivity index (χ0) is 9.54. The molecule has 3 unspecified atom stereocenters. The molecule has 0 saturated heterocycles. The van der Waals surface area contributed by atoms with Gasteiger partial charge in [-0.2, -0.15) is 0 Å². The molecule has 3 atom stereocenters. The van der Waals surface area contributed by atoms with Gasteiger partial charge in [0.1, 0.15) is 11.9 Å². The number of fused-ring (bicyclic) bond motifs is 2. The van der Waals surface area contributed by atoms with Crippen molar-refractivity contribution in [2.45, 2.75) is 32.3 Å². The van der Waals surface area contributed by atoms with Crippen molar-refractivity contribution < 1.29 is 4.74 Å². The second-order valence-corrected chi connectivity index (χ2v) is 4.55. The van der Waals surface area contributed by atoms with Crippen molar-refractivity contribution in [1.82, 2.24) is 0 Å². The zero-order valence-corrected chi connectivity index (χ0v) is 8.57. The fourth-order valence-electron chi connectivity index (χ4n) is 2.77. The number of ether oxygens (including phenoxy) is 1. The van der Waals surface area contributed by atoms with Crippen LogP contribution in [0.5, 0.6) is 0 Å². The molecular formula is C13H16O. The van der Waals surface area contributed by atoms with E-state index in [0.29, 0.717) is 17.9 Å². The Kier molecular flexibility index (Phi) is 1.79. The molecule has 0 aromatic heterocycles. The van der Waals surface area contributed by atoms with Gasteiger partial charge in [0.2, 0.25) is 0 Å². The fourth-order valence-corrected chi connectivity index (χ4v) is 2.77. The lowest BCUT2D eigenvalue weighted by atomic mass is 9.83. The maximum absolute atomic E-state index is 6.02. The van der Waals surface area contributed by atoms with Crippen LogP contribution >= 0.6 is 0 Å². The molecule has 3 rings (SSSR count). The molecule has 1 heterocycles. The minimum absolute atomic E-state index is 0.346. The van der Waals surface area contributed by atoms with Crippen molar-refractivity contribution in [3.63, 3.8) is 0 Å². The van der Waals surface area contributed by atoms with Gasteiger partial charge in [0.25, 0.3) is 0 Å². The molecule has 0 amide bonds. The molecule has 0 bridgehead atoms. The topological polar surface area (TPSA) is 9.23 Å². The van der Waals surface area contributed by atoms with Crippen LogP contribution in [0, 0.1) is 11.8 Å². The molecule has 0 aromatic carbocycles. The van der Waals surface area contributed by atoms with E-state index in [9.17, 15) is 0 Å². The largest absolute Gasteiger partial charge is 0.489 e. The van der Waals surface area contributed by atoms with Crippen molar-refractivity contribution in [2.24, 2.45) is 11.8 Å². The van der Waals surface area contributed by atoms with E-state index in [0.717, 1.165) is 6.42 Å². The van der Waals surface area contributed by atoms with E-state index < -0.39 is 0 Å². The van der Waals surface area contributed by atoms with E-state index >= 15 is 0 Å². The van der Waals surface area contributed by atoms with Gasteiger partial charge in [0.15, 0.2) is 0 Å². The highest BCUT2D eigenvalue weighted by Gasteiger charge is 2.37. The smallest absolute Gasteiger partial charge is 0.123 e. The normalized spacial score (nSPS) is 39.4. The number of hydrogen-bond donors (Lipinski definition) is 0. The van der Waals surface area contributed by atoms with Gasteiger partial charge in [-0.15, -0.1) is 0 Å². The summed E-state index contributed by atoms with van der Waals surface area (Å²) in [5.74, 6) is 2.51. The number of rotatable bonds is 0. The molecule has 74 valence electrons. The zero-order valence-electron chi connectivity index (χ0n) is 8.57. The molecule has 0 saturated carbocycles. The minimum atomic E-state index is 0.346. The van der Waals surface area contributed by atoms with Crippen LogP contribution in [-0.2, 0) is 4.74 Å². The van der Waals surface area contributed by atoms with Crippen LogP contribution in [0.4, 0.5) is 0 Å². The van der Waals surface area contributed by atoms with Gasteiger partial charge in [-0.25, -0.2) is 0 Å². The second kappa shape index (κ2) is 3.01. The van der Waals surface area contributed by atoms with Crippen molar-refractivity contribution in [2.75, 3.05) is 0 Å². The first kappa shape index (κ1) is 8.34. The first-order valence-corrected chi connectivity index (χ1v) is 5.60. The molecule has 0 radical (unpaired) electrons. The molecule has 0 spiro atoms. The number of allylic oxidation sites excluding steroid dienone is 4. The van der Waals surface area contributed by atoms with E-state index in [2.05, 4.69) is 31.2 Å². The van der Waals surface area contributed by atoms with Gasteiger partial charge >= 0.3 is 0 Å². The highest BCUT2D eigenvalue weighted by Crippen LogP contribution is 2.43. The average molecular weight is 188 g/mol. The van der Waals surface area contributed by atoms with Gasteiger partial charge in [0, 0.05) is 11.8 Å². The van der Waals surface area contributed by atoms with Crippen molar-refractivity contribution in [1.29, 1.82) is 0 Å². The van der Waals surface area contributed by atoms with Gasteiger partial charge in [0.05, 0.1) is 0 Å². The predicted molar refractivity (Wildman–Crippen MR) is 56.7 cm³/mol. The molecule has 1 nitrogen and oxygen atoms in total. The first-order chi connectivity index (χ1) is 6.86. The second-order valence-electron chi connectivity index (χ2n) is 4.55.